The van der Waals surface area contributed by atoms with Gasteiger partial charge in [0.2, 0.25) is 0 Å². The smallest absolute Gasteiger partial charge is 0.251 e. The van der Waals surface area contributed by atoms with Crippen LogP contribution in [-0.2, 0) is 6.54 Å². The van der Waals surface area contributed by atoms with Gasteiger partial charge in [0.1, 0.15) is 5.82 Å². The van der Waals surface area contributed by atoms with Crippen molar-refractivity contribution in [1.82, 2.24) is 10.3 Å². The second-order valence-electron chi connectivity index (χ2n) is 6.99. The summed E-state index contributed by atoms with van der Waals surface area (Å²) in [5.41, 5.74) is 4.97. The van der Waals surface area contributed by atoms with Crippen LogP contribution in [0, 0.1) is 0 Å². The Kier molecular flexibility index (Phi) is 4.69. The number of carbonyl (C=O) groups excluding carboxylic acids is 1. The third kappa shape index (κ3) is 3.21. The maximum absolute atomic E-state index is 11.8. The van der Waals surface area contributed by atoms with E-state index < -0.39 is 0 Å². The Balaban J connectivity index is 1.62. The number of anilines is 1. The number of hydrogen-bond acceptors (Lipinski definition) is 4. The molecule has 2 aliphatic rings. The minimum absolute atomic E-state index is 0.0772. The summed E-state index contributed by atoms with van der Waals surface area (Å²) in [7, 11) is 1.64. The van der Waals surface area contributed by atoms with Crippen LogP contribution in [0.25, 0.3) is 0 Å². The SMILES string of the molecule is CNC(=O)c1ccc(C2=NCc3ccnc(NC4CCCCC4)c32)cc1. The lowest BCUT2D eigenvalue weighted by molar-refractivity contribution is 0.0963. The van der Waals surface area contributed by atoms with Crippen LogP contribution in [-0.4, -0.2) is 29.7 Å². The van der Waals surface area contributed by atoms with Crippen molar-refractivity contribution in [3.8, 4) is 0 Å². The van der Waals surface area contributed by atoms with Crippen molar-refractivity contribution in [3.63, 3.8) is 0 Å². The van der Waals surface area contributed by atoms with Gasteiger partial charge < -0.3 is 10.6 Å². The van der Waals surface area contributed by atoms with Crippen molar-refractivity contribution in [3.05, 3.63) is 58.8 Å². The van der Waals surface area contributed by atoms with Crippen molar-refractivity contribution in [2.45, 2.75) is 44.7 Å². The lowest BCUT2D eigenvalue weighted by Gasteiger charge is -2.24. The number of pyridine rings is 1. The minimum atomic E-state index is -0.0772. The van der Waals surface area contributed by atoms with Crippen LogP contribution in [0.5, 0.6) is 0 Å². The van der Waals surface area contributed by atoms with Gasteiger partial charge in [0.25, 0.3) is 5.91 Å². The van der Waals surface area contributed by atoms with Gasteiger partial charge in [-0.25, -0.2) is 4.98 Å². The third-order valence-electron chi connectivity index (χ3n) is 5.28. The van der Waals surface area contributed by atoms with Crippen molar-refractivity contribution >= 4 is 17.4 Å². The van der Waals surface area contributed by atoms with Crippen LogP contribution in [0.3, 0.4) is 0 Å². The van der Waals surface area contributed by atoms with Crippen LogP contribution in [0.15, 0.2) is 41.5 Å². The summed E-state index contributed by atoms with van der Waals surface area (Å²) >= 11 is 0. The van der Waals surface area contributed by atoms with E-state index in [2.05, 4.69) is 21.7 Å². The maximum atomic E-state index is 11.8. The van der Waals surface area contributed by atoms with Gasteiger partial charge in [0.05, 0.1) is 12.3 Å². The number of amides is 1. The van der Waals surface area contributed by atoms with Crippen molar-refractivity contribution in [2.24, 2.45) is 4.99 Å². The van der Waals surface area contributed by atoms with E-state index in [4.69, 9.17) is 4.99 Å². The molecule has 134 valence electrons. The van der Waals surface area contributed by atoms with E-state index in [1.54, 1.807) is 7.05 Å². The highest BCUT2D eigenvalue weighted by Gasteiger charge is 2.24. The summed E-state index contributed by atoms with van der Waals surface area (Å²) in [5.74, 6) is 0.868. The van der Waals surface area contributed by atoms with Crippen LogP contribution >= 0.6 is 0 Å². The summed E-state index contributed by atoms with van der Waals surface area (Å²) < 4.78 is 0. The fourth-order valence-electron chi connectivity index (χ4n) is 3.85. The second-order valence-corrected chi connectivity index (χ2v) is 6.99. The predicted molar refractivity (Wildman–Crippen MR) is 104 cm³/mol. The fraction of sp³-hybridized carbons (Fsp3) is 0.381. The van der Waals surface area contributed by atoms with Gasteiger partial charge in [-0.3, -0.25) is 9.79 Å². The molecule has 0 bridgehead atoms. The molecule has 0 spiro atoms. The van der Waals surface area contributed by atoms with E-state index in [-0.39, 0.29) is 5.91 Å². The molecule has 0 atom stereocenters. The average molecular weight is 348 g/mol. The molecular formula is C21H24N4O. The zero-order valence-corrected chi connectivity index (χ0v) is 15.1. The Morgan fingerprint density at radius 3 is 2.58 bits per heavy atom. The van der Waals surface area contributed by atoms with Crippen molar-refractivity contribution in [2.75, 3.05) is 12.4 Å². The molecule has 0 unspecified atom stereocenters. The summed E-state index contributed by atoms with van der Waals surface area (Å²) in [6, 6.07) is 10.2. The predicted octanol–water partition coefficient (Wildman–Crippen LogP) is 3.54. The molecule has 2 heterocycles. The number of aliphatic imine (C=N–C) groups is 1. The number of rotatable bonds is 4. The Hall–Kier alpha value is -2.69. The first-order valence-corrected chi connectivity index (χ1v) is 9.38. The summed E-state index contributed by atoms with van der Waals surface area (Å²) in [5, 5.41) is 6.31. The van der Waals surface area contributed by atoms with Gasteiger partial charge in [-0.15, -0.1) is 0 Å². The maximum Gasteiger partial charge on any atom is 0.251 e. The highest BCUT2D eigenvalue weighted by Crippen LogP contribution is 2.30. The van der Waals surface area contributed by atoms with Crippen molar-refractivity contribution < 1.29 is 4.79 Å². The Labute approximate surface area is 154 Å². The third-order valence-corrected chi connectivity index (χ3v) is 5.28. The number of aromatic nitrogens is 1. The van der Waals surface area contributed by atoms with E-state index in [1.807, 2.05) is 30.5 Å². The van der Waals surface area contributed by atoms with Gasteiger partial charge in [-0.2, -0.15) is 0 Å². The van der Waals surface area contributed by atoms with E-state index in [0.29, 0.717) is 18.2 Å². The van der Waals surface area contributed by atoms with E-state index >= 15 is 0 Å². The van der Waals surface area contributed by atoms with Gasteiger partial charge in [-0.1, -0.05) is 31.4 Å². The highest BCUT2D eigenvalue weighted by molar-refractivity contribution is 6.18. The molecule has 1 fully saturated rings. The number of benzene rings is 1. The van der Waals surface area contributed by atoms with Crippen molar-refractivity contribution in [1.29, 1.82) is 0 Å². The topological polar surface area (TPSA) is 66.4 Å². The van der Waals surface area contributed by atoms with E-state index in [1.165, 1.54) is 37.7 Å². The molecule has 1 aromatic heterocycles. The Morgan fingerprint density at radius 2 is 1.85 bits per heavy atom. The lowest BCUT2D eigenvalue weighted by atomic mass is 9.94. The molecule has 5 nitrogen and oxygen atoms in total. The van der Waals surface area contributed by atoms with E-state index in [0.717, 1.165) is 22.7 Å². The average Bonchev–Trinajstić information content (AvgIpc) is 3.13. The molecule has 2 N–H and O–H groups in total. The largest absolute Gasteiger partial charge is 0.367 e. The zero-order valence-electron chi connectivity index (χ0n) is 15.1. The molecule has 0 radical (unpaired) electrons. The standard InChI is InChI=1S/C21H24N4O/c1-22-21(26)15-9-7-14(8-10-15)19-18-16(13-24-19)11-12-23-20(18)25-17-5-3-2-4-6-17/h7-12,17H,2-6,13H2,1H3,(H,22,26)(H,23,25). The number of nitrogens with zero attached hydrogens (tertiary/aromatic N) is 2. The number of carbonyl (C=O) groups is 1. The molecule has 1 aliphatic carbocycles. The molecule has 2 aromatic rings. The first kappa shape index (κ1) is 16.8. The van der Waals surface area contributed by atoms with Crippen LogP contribution < -0.4 is 10.6 Å². The molecule has 1 aliphatic heterocycles. The number of hydrogen-bond donors (Lipinski definition) is 2. The molecule has 5 heteroatoms. The molecular weight excluding hydrogens is 324 g/mol. The lowest BCUT2D eigenvalue weighted by Crippen LogP contribution is -2.24. The second kappa shape index (κ2) is 7.28. The van der Waals surface area contributed by atoms with E-state index in [9.17, 15) is 4.79 Å². The Morgan fingerprint density at radius 1 is 1.08 bits per heavy atom. The first-order chi connectivity index (χ1) is 12.8. The molecule has 26 heavy (non-hydrogen) atoms. The molecule has 0 saturated heterocycles. The van der Waals surface area contributed by atoms with Crippen LogP contribution in [0.1, 0.15) is 59.2 Å². The summed E-state index contributed by atoms with van der Waals surface area (Å²) in [4.78, 5) is 21.1. The van der Waals surface area contributed by atoms with Gasteiger partial charge >= 0.3 is 0 Å². The Bertz CT molecular complexity index is 836. The molecule has 1 saturated carbocycles. The summed E-state index contributed by atoms with van der Waals surface area (Å²) in [6.07, 6.45) is 8.19. The molecule has 1 aromatic carbocycles. The van der Waals surface area contributed by atoms with Gasteiger partial charge in [0, 0.05) is 36.0 Å². The van der Waals surface area contributed by atoms with Gasteiger partial charge in [-0.05, 0) is 36.6 Å². The number of fused-ring (bicyclic) bond motifs is 1. The summed E-state index contributed by atoms with van der Waals surface area (Å²) in [6.45, 7) is 0.684. The zero-order chi connectivity index (χ0) is 17.9. The highest BCUT2D eigenvalue weighted by atomic mass is 16.1. The minimum Gasteiger partial charge on any atom is -0.367 e. The van der Waals surface area contributed by atoms with Crippen LogP contribution in [0.2, 0.25) is 0 Å². The first-order valence-electron chi connectivity index (χ1n) is 9.38. The number of nitrogens with one attached hydrogen (secondary N) is 2. The van der Waals surface area contributed by atoms with Gasteiger partial charge in [0.15, 0.2) is 0 Å². The monoisotopic (exact) mass is 348 g/mol. The molecule has 4 rings (SSSR count). The fourth-order valence-corrected chi connectivity index (χ4v) is 3.85. The molecule has 1 amide bonds. The van der Waals surface area contributed by atoms with Crippen LogP contribution in [0.4, 0.5) is 5.82 Å². The normalized spacial score (nSPS) is 16.7. The quantitative estimate of drug-likeness (QED) is 0.888.